The summed E-state index contributed by atoms with van der Waals surface area (Å²) < 4.78 is 1.55. The lowest BCUT2D eigenvalue weighted by Crippen LogP contribution is -2.24. The largest absolute Gasteiger partial charge is 0.326 e. The normalized spacial score (nSPS) is 13.6. The average molecular weight is 402 g/mol. The van der Waals surface area contributed by atoms with Crippen molar-refractivity contribution >= 4 is 44.7 Å². The Morgan fingerprint density at radius 3 is 3.00 bits per heavy atom. The highest BCUT2D eigenvalue weighted by Crippen LogP contribution is 2.33. The number of nitrogens with one attached hydrogen (secondary N) is 1. The Morgan fingerprint density at radius 2 is 2.15 bits per heavy atom. The molecule has 0 unspecified atom stereocenters. The standard InChI is InChI=1S/C20H20ClN3O2S/c1-12-14(21)6-4-7-15(12)23-17(25)9-10-24-11-22-19-18(20(24)26)13-5-2-3-8-16(13)27-19/h4,6-7,11H,2-3,5,8-10H2,1H3,(H,23,25). The molecule has 0 aliphatic heterocycles. The molecule has 140 valence electrons. The van der Waals surface area contributed by atoms with E-state index in [1.165, 1.54) is 16.9 Å². The fourth-order valence-corrected chi connectivity index (χ4v) is 4.91. The van der Waals surface area contributed by atoms with Gasteiger partial charge in [0.2, 0.25) is 5.91 Å². The van der Waals surface area contributed by atoms with Gasteiger partial charge in [0.15, 0.2) is 0 Å². The number of hydrogen-bond donors (Lipinski definition) is 1. The van der Waals surface area contributed by atoms with Gasteiger partial charge < -0.3 is 5.32 Å². The summed E-state index contributed by atoms with van der Waals surface area (Å²) in [6, 6.07) is 5.40. The first-order chi connectivity index (χ1) is 13.0. The lowest BCUT2D eigenvalue weighted by Gasteiger charge is -2.11. The molecular weight excluding hydrogens is 382 g/mol. The van der Waals surface area contributed by atoms with Crippen molar-refractivity contribution in [3.8, 4) is 0 Å². The number of aromatic nitrogens is 2. The minimum Gasteiger partial charge on any atom is -0.326 e. The summed E-state index contributed by atoms with van der Waals surface area (Å²) in [6.07, 6.45) is 6.05. The second kappa shape index (κ2) is 7.44. The zero-order chi connectivity index (χ0) is 19.0. The Hall–Kier alpha value is -2.18. The van der Waals surface area contributed by atoms with Crippen LogP contribution in [0.3, 0.4) is 0 Å². The molecule has 5 nitrogen and oxygen atoms in total. The second-order valence-corrected chi connectivity index (χ2v) is 8.34. The topological polar surface area (TPSA) is 64.0 Å². The monoisotopic (exact) mass is 401 g/mol. The van der Waals surface area contributed by atoms with Crippen LogP contribution in [-0.4, -0.2) is 15.5 Å². The van der Waals surface area contributed by atoms with Gasteiger partial charge in [0, 0.05) is 28.6 Å². The molecule has 1 aliphatic rings. The van der Waals surface area contributed by atoms with Crippen LogP contribution in [0.2, 0.25) is 5.02 Å². The van der Waals surface area contributed by atoms with Gasteiger partial charge in [-0.15, -0.1) is 11.3 Å². The number of hydrogen-bond acceptors (Lipinski definition) is 4. The summed E-state index contributed by atoms with van der Waals surface area (Å²) in [7, 11) is 0. The molecule has 0 radical (unpaired) electrons. The number of carbonyl (C=O) groups excluding carboxylic acids is 1. The van der Waals surface area contributed by atoms with Gasteiger partial charge in [0.1, 0.15) is 4.83 Å². The summed E-state index contributed by atoms with van der Waals surface area (Å²) >= 11 is 7.73. The number of aryl methyl sites for hydroxylation is 3. The number of rotatable bonds is 4. The minimum absolute atomic E-state index is 0.0360. The number of carbonyl (C=O) groups is 1. The van der Waals surface area contributed by atoms with E-state index in [0.717, 1.165) is 35.0 Å². The maximum atomic E-state index is 12.9. The van der Waals surface area contributed by atoms with Crippen LogP contribution in [0.5, 0.6) is 0 Å². The third-order valence-electron chi connectivity index (χ3n) is 5.06. The van der Waals surface area contributed by atoms with Crippen LogP contribution in [0.4, 0.5) is 5.69 Å². The number of fused-ring (bicyclic) bond motifs is 3. The van der Waals surface area contributed by atoms with E-state index in [0.29, 0.717) is 17.3 Å². The fraction of sp³-hybridized carbons (Fsp3) is 0.350. The molecule has 27 heavy (non-hydrogen) atoms. The number of amides is 1. The summed E-state index contributed by atoms with van der Waals surface area (Å²) in [5.41, 5.74) is 2.66. The van der Waals surface area contributed by atoms with Gasteiger partial charge >= 0.3 is 0 Å². The van der Waals surface area contributed by atoms with E-state index in [1.807, 2.05) is 13.0 Å². The molecule has 3 aromatic rings. The molecule has 2 heterocycles. The molecule has 2 aromatic heterocycles. The smallest absolute Gasteiger partial charge is 0.262 e. The van der Waals surface area contributed by atoms with Gasteiger partial charge in [-0.3, -0.25) is 14.2 Å². The van der Waals surface area contributed by atoms with Gasteiger partial charge in [-0.1, -0.05) is 17.7 Å². The van der Waals surface area contributed by atoms with Gasteiger partial charge in [-0.2, -0.15) is 0 Å². The quantitative estimate of drug-likeness (QED) is 0.707. The molecule has 0 saturated carbocycles. The van der Waals surface area contributed by atoms with Crippen molar-refractivity contribution in [2.24, 2.45) is 0 Å². The van der Waals surface area contributed by atoms with Crippen molar-refractivity contribution in [3.63, 3.8) is 0 Å². The van der Waals surface area contributed by atoms with E-state index in [1.54, 1.807) is 34.4 Å². The third-order valence-corrected chi connectivity index (χ3v) is 6.67. The number of benzene rings is 1. The van der Waals surface area contributed by atoms with Crippen molar-refractivity contribution in [2.75, 3.05) is 5.32 Å². The molecule has 1 aromatic carbocycles. The lowest BCUT2D eigenvalue weighted by molar-refractivity contribution is -0.116. The third kappa shape index (κ3) is 3.51. The molecule has 0 fully saturated rings. The van der Waals surface area contributed by atoms with E-state index in [4.69, 9.17) is 11.6 Å². The predicted octanol–water partition coefficient (Wildman–Crippen LogP) is 4.33. The van der Waals surface area contributed by atoms with E-state index in [9.17, 15) is 9.59 Å². The molecule has 4 rings (SSSR count). The van der Waals surface area contributed by atoms with Crippen molar-refractivity contribution in [3.05, 3.63) is 55.9 Å². The van der Waals surface area contributed by atoms with Gasteiger partial charge in [0.05, 0.1) is 11.7 Å². The Kier molecular flexibility index (Phi) is 5.02. The van der Waals surface area contributed by atoms with Crippen molar-refractivity contribution < 1.29 is 4.79 Å². The van der Waals surface area contributed by atoms with Crippen LogP contribution in [0, 0.1) is 6.92 Å². The number of anilines is 1. The Labute approximate surface area is 166 Å². The summed E-state index contributed by atoms with van der Waals surface area (Å²) in [5.74, 6) is -0.153. The molecule has 0 spiro atoms. The molecule has 0 bridgehead atoms. The van der Waals surface area contributed by atoms with Crippen LogP contribution in [-0.2, 0) is 24.2 Å². The molecular formula is C20H20ClN3O2S. The van der Waals surface area contributed by atoms with E-state index >= 15 is 0 Å². The molecule has 1 amide bonds. The lowest BCUT2D eigenvalue weighted by atomic mass is 9.97. The average Bonchev–Trinajstić information content (AvgIpc) is 3.04. The van der Waals surface area contributed by atoms with Crippen LogP contribution in [0.15, 0.2) is 29.3 Å². The second-order valence-electron chi connectivity index (χ2n) is 6.84. The van der Waals surface area contributed by atoms with Crippen LogP contribution in [0.25, 0.3) is 10.2 Å². The molecule has 1 aliphatic carbocycles. The van der Waals surface area contributed by atoms with E-state index in [-0.39, 0.29) is 17.9 Å². The Balaban J connectivity index is 1.52. The maximum absolute atomic E-state index is 12.9. The summed E-state index contributed by atoms with van der Waals surface area (Å²) in [6.45, 7) is 2.16. The Morgan fingerprint density at radius 1 is 1.33 bits per heavy atom. The van der Waals surface area contributed by atoms with E-state index in [2.05, 4.69) is 10.3 Å². The van der Waals surface area contributed by atoms with Crippen molar-refractivity contribution in [1.82, 2.24) is 9.55 Å². The highest BCUT2D eigenvalue weighted by Gasteiger charge is 2.20. The molecule has 0 saturated heterocycles. The van der Waals surface area contributed by atoms with Crippen LogP contribution in [0.1, 0.15) is 35.3 Å². The van der Waals surface area contributed by atoms with Crippen molar-refractivity contribution in [1.29, 1.82) is 0 Å². The van der Waals surface area contributed by atoms with Crippen molar-refractivity contribution in [2.45, 2.75) is 45.6 Å². The van der Waals surface area contributed by atoms with Crippen LogP contribution < -0.4 is 10.9 Å². The van der Waals surface area contributed by atoms with Gasteiger partial charge in [-0.25, -0.2) is 4.98 Å². The first-order valence-electron chi connectivity index (χ1n) is 9.09. The highest BCUT2D eigenvalue weighted by molar-refractivity contribution is 7.18. The number of halogens is 1. The van der Waals surface area contributed by atoms with Gasteiger partial charge in [0.25, 0.3) is 5.56 Å². The zero-order valence-corrected chi connectivity index (χ0v) is 16.6. The summed E-state index contributed by atoms with van der Waals surface area (Å²) in [5, 5.41) is 4.23. The number of thiophene rings is 1. The van der Waals surface area contributed by atoms with Gasteiger partial charge in [-0.05, 0) is 55.9 Å². The fourth-order valence-electron chi connectivity index (χ4n) is 3.52. The first kappa shape index (κ1) is 18.2. The predicted molar refractivity (Wildman–Crippen MR) is 110 cm³/mol. The zero-order valence-electron chi connectivity index (χ0n) is 15.0. The highest BCUT2D eigenvalue weighted by atomic mass is 35.5. The summed E-state index contributed by atoms with van der Waals surface area (Å²) in [4.78, 5) is 31.8. The number of nitrogens with zero attached hydrogens (tertiary/aromatic N) is 2. The molecule has 0 atom stereocenters. The maximum Gasteiger partial charge on any atom is 0.262 e. The minimum atomic E-state index is -0.153. The Bertz CT molecular complexity index is 1090. The first-order valence-corrected chi connectivity index (χ1v) is 10.3. The SMILES string of the molecule is Cc1c(Cl)cccc1NC(=O)CCn1cnc2sc3c(c2c1=O)CCCC3. The van der Waals surface area contributed by atoms with Crippen LogP contribution >= 0.6 is 22.9 Å². The molecule has 1 N–H and O–H groups in total. The van der Waals surface area contributed by atoms with E-state index < -0.39 is 0 Å². The molecule has 7 heteroatoms.